The Kier molecular flexibility index (Phi) is 6.03. The van der Waals surface area contributed by atoms with Crippen molar-refractivity contribution in [2.75, 3.05) is 13.0 Å². The van der Waals surface area contributed by atoms with Crippen LogP contribution in [0.4, 0.5) is 0 Å². The van der Waals surface area contributed by atoms with E-state index in [4.69, 9.17) is 16.3 Å². The van der Waals surface area contributed by atoms with E-state index in [0.29, 0.717) is 0 Å². The van der Waals surface area contributed by atoms with Crippen molar-refractivity contribution in [3.63, 3.8) is 0 Å². The minimum absolute atomic E-state index is 0.745. The molecule has 0 saturated heterocycles. The Morgan fingerprint density at radius 1 is 1.21 bits per heavy atom. The van der Waals surface area contributed by atoms with Crippen LogP contribution in [0, 0.1) is 0 Å². The molecule has 0 heterocycles. The maximum Gasteiger partial charge on any atom is 0.122 e. The molecule has 1 nitrogen and oxygen atoms in total. The highest BCUT2D eigenvalue weighted by atomic mass is 35.5. The van der Waals surface area contributed by atoms with Crippen molar-refractivity contribution < 1.29 is 4.74 Å². The summed E-state index contributed by atoms with van der Waals surface area (Å²) in [6, 6.07) is 6.55. The van der Waals surface area contributed by atoms with Crippen LogP contribution < -0.4 is 4.74 Å². The quantitative estimate of drug-likeness (QED) is 0.486. The molecule has 0 aromatic heterocycles. The van der Waals surface area contributed by atoms with Crippen LogP contribution in [0.2, 0.25) is 0 Å². The Morgan fingerprint density at radius 3 is 2.84 bits per heavy atom. The molecule has 2 heteroatoms. The first-order chi connectivity index (χ1) is 9.36. The summed E-state index contributed by atoms with van der Waals surface area (Å²) < 4.78 is 5.50. The van der Waals surface area contributed by atoms with E-state index in [9.17, 15) is 0 Å². The van der Waals surface area contributed by atoms with Gasteiger partial charge in [0, 0.05) is 5.88 Å². The fourth-order valence-corrected chi connectivity index (χ4v) is 3.43. The fourth-order valence-electron chi connectivity index (χ4n) is 3.24. The summed E-state index contributed by atoms with van der Waals surface area (Å²) in [5.74, 6) is 2.64. The zero-order valence-electron chi connectivity index (χ0n) is 12.0. The number of alkyl halides is 1. The van der Waals surface area contributed by atoms with Crippen LogP contribution in [-0.2, 0) is 6.42 Å². The molecule has 2 rings (SSSR count). The molecule has 1 atom stereocenters. The highest BCUT2D eigenvalue weighted by Crippen LogP contribution is 2.39. The highest BCUT2D eigenvalue weighted by Gasteiger charge is 2.22. The van der Waals surface area contributed by atoms with Gasteiger partial charge < -0.3 is 4.74 Å². The summed E-state index contributed by atoms with van der Waals surface area (Å²) in [4.78, 5) is 0. The Hall–Kier alpha value is -0.690. The zero-order valence-corrected chi connectivity index (χ0v) is 12.7. The molecule has 0 unspecified atom stereocenters. The molecule has 1 aromatic rings. The number of methoxy groups -OCH3 is 1. The van der Waals surface area contributed by atoms with Gasteiger partial charge in [0.25, 0.3) is 0 Å². The van der Waals surface area contributed by atoms with Gasteiger partial charge in [-0.3, -0.25) is 0 Å². The number of fused-ring (bicyclic) bond motifs is 1. The lowest BCUT2D eigenvalue weighted by atomic mass is 9.80. The molecule has 0 radical (unpaired) electrons. The molecule has 106 valence electrons. The molecule has 0 aliphatic heterocycles. The van der Waals surface area contributed by atoms with Gasteiger partial charge in [0.2, 0.25) is 0 Å². The van der Waals surface area contributed by atoms with E-state index in [-0.39, 0.29) is 0 Å². The zero-order chi connectivity index (χ0) is 13.5. The second-order valence-corrected chi connectivity index (χ2v) is 5.89. The second kappa shape index (κ2) is 7.79. The van der Waals surface area contributed by atoms with Crippen molar-refractivity contribution in [3.8, 4) is 5.75 Å². The first-order valence-corrected chi connectivity index (χ1v) is 8.12. The Morgan fingerprint density at radius 2 is 2.05 bits per heavy atom. The summed E-state index contributed by atoms with van der Waals surface area (Å²) in [6.07, 6.45) is 10.2. The molecule has 0 fully saturated rings. The van der Waals surface area contributed by atoms with Crippen LogP contribution in [-0.4, -0.2) is 13.0 Å². The van der Waals surface area contributed by atoms with E-state index < -0.39 is 0 Å². The van der Waals surface area contributed by atoms with Gasteiger partial charge in [-0.1, -0.05) is 31.4 Å². The second-order valence-electron chi connectivity index (χ2n) is 5.51. The van der Waals surface area contributed by atoms with Gasteiger partial charge in [0.1, 0.15) is 5.75 Å². The van der Waals surface area contributed by atoms with E-state index in [0.717, 1.165) is 24.0 Å². The van der Waals surface area contributed by atoms with Crippen LogP contribution in [0.3, 0.4) is 0 Å². The molecule has 0 saturated carbocycles. The molecule has 1 aromatic carbocycles. The average molecular weight is 281 g/mol. The van der Waals surface area contributed by atoms with E-state index >= 15 is 0 Å². The van der Waals surface area contributed by atoms with Crippen LogP contribution in [0.5, 0.6) is 5.75 Å². The Bertz CT molecular complexity index is 389. The van der Waals surface area contributed by atoms with Crippen molar-refractivity contribution in [1.29, 1.82) is 0 Å². The predicted octanol–water partition coefficient (Wildman–Crippen LogP) is 5.30. The number of halogens is 1. The smallest absolute Gasteiger partial charge is 0.122 e. The third-order valence-electron chi connectivity index (χ3n) is 4.24. The maximum atomic E-state index is 5.72. The first-order valence-electron chi connectivity index (χ1n) is 7.58. The summed E-state index contributed by atoms with van der Waals surface area (Å²) >= 11 is 5.72. The average Bonchev–Trinajstić information content (AvgIpc) is 2.46. The van der Waals surface area contributed by atoms with Crippen LogP contribution in [0.15, 0.2) is 18.2 Å². The SMILES string of the molecule is COc1cccc2c1CCC[C@H]2CCCCCCCl. The van der Waals surface area contributed by atoms with Gasteiger partial charge in [-0.15, -0.1) is 11.6 Å². The third-order valence-corrected chi connectivity index (χ3v) is 4.51. The number of ether oxygens (including phenoxy) is 1. The highest BCUT2D eigenvalue weighted by molar-refractivity contribution is 6.17. The van der Waals surface area contributed by atoms with E-state index in [2.05, 4.69) is 18.2 Å². The minimum Gasteiger partial charge on any atom is -0.496 e. The lowest BCUT2D eigenvalue weighted by Gasteiger charge is -2.27. The predicted molar refractivity (Wildman–Crippen MR) is 82.5 cm³/mol. The molecule has 0 amide bonds. The first kappa shape index (κ1) is 14.7. The summed E-state index contributed by atoms with van der Waals surface area (Å²) in [5, 5.41) is 0. The van der Waals surface area contributed by atoms with Crippen molar-refractivity contribution in [2.45, 2.75) is 57.3 Å². The number of unbranched alkanes of at least 4 members (excludes halogenated alkanes) is 3. The molecule has 19 heavy (non-hydrogen) atoms. The molecular weight excluding hydrogens is 256 g/mol. The van der Waals surface area contributed by atoms with E-state index in [1.165, 1.54) is 50.5 Å². The van der Waals surface area contributed by atoms with Crippen molar-refractivity contribution >= 4 is 11.6 Å². The van der Waals surface area contributed by atoms with Gasteiger partial charge in [0.05, 0.1) is 7.11 Å². The number of rotatable bonds is 7. The van der Waals surface area contributed by atoms with Gasteiger partial charge in [0.15, 0.2) is 0 Å². The Labute approximate surface area is 122 Å². The largest absolute Gasteiger partial charge is 0.496 e. The van der Waals surface area contributed by atoms with Crippen molar-refractivity contribution in [1.82, 2.24) is 0 Å². The molecule has 0 spiro atoms. The molecule has 0 bridgehead atoms. The number of hydrogen-bond donors (Lipinski definition) is 0. The molecule has 1 aliphatic rings. The lowest BCUT2D eigenvalue weighted by Crippen LogP contribution is -2.11. The van der Waals surface area contributed by atoms with Gasteiger partial charge in [-0.25, -0.2) is 0 Å². The van der Waals surface area contributed by atoms with Gasteiger partial charge in [-0.2, -0.15) is 0 Å². The molecule has 0 N–H and O–H groups in total. The van der Waals surface area contributed by atoms with E-state index in [1.807, 2.05) is 0 Å². The standard InChI is InChI=1S/C17H25ClO/c1-19-17-12-7-10-15-14(9-6-11-16(15)17)8-4-2-3-5-13-18/h7,10,12,14H,2-6,8-9,11,13H2,1H3/t14-/m1/s1. The van der Waals surface area contributed by atoms with Crippen LogP contribution in [0.25, 0.3) is 0 Å². The normalized spacial score (nSPS) is 18.1. The van der Waals surface area contributed by atoms with Crippen molar-refractivity contribution in [2.24, 2.45) is 0 Å². The van der Waals surface area contributed by atoms with Crippen molar-refractivity contribution in [3.05, 3.63) is 29.3 Å². The lowest BCUT2D eigenvalue weighted by molar-refractivity contribution is 0.400. The Balaban J connectivity index is 1.94. The summed E-state index contributed by atoms with van der Waals surface area (Å²) in [5.41, 5.74) is 3.00. The number of hydrogen-bond acceptors (Lipinski definition) is 1. The van der Waals surface area contributed by atoms with Gasteiger partial charge >= 0.3 is 0 Å². The summed E-state index contributed by atoms with van der Waals surface area (Å²) in [7, 11) is 1.78. The van der Waals surface area contributed by atoms with Crippen LogP contribution in [0.1, 0.15) is 62.0 Å². The molecule has 1 aliphatic carbocycles. The maximum absolute atomic E-state index is 5.72. The van der Waals surface area contributed by atoms with Gasteiger partial charge in [-0.05, 0) is 55.2 Å². The topological polar surface area (TPSA) is 9.23 Å². The molecular formula is C17H25ClO. The minimum atomic E-state index is 0.745. The monoisotopic (exact) mass is 280 g/mol. The van der Waals surface area contributed by atoms with E-state index in [1.54, 1.807) is 12.7 Å². The number of benzene rings is 1. The van der Waals surface area contributed by atoms with Crippen LogP contribution >= 0.6 is 11.6 Å². The fraction of sp³-hybridized carbons (Fsp3) is 0.647. The summed E-state index contributed by atoms with van der Waals surface area (Å²) in [6.45, 7) is 0. The third kappa shape index (κ3) is 3.89.